The number of carboxylic acids is 1. The Morgan fingerprint density at radius 3 is 2.53 bits per heavy atom. The minimum absolute atomic E-state index is 0.00938. The Morgan fingerprint density at radius 1 is 1.06 bits per heavy atom. The number of ether oxygens (including phenoxy) is 1. The van der Waals surface area contributed by atoms with E-state index in [-0.39, 0.29) is 21.9 Å². The Bertz CT molecular complexity index is 1340. The zero-order valence-corrected chi connectivity index (χ0v) is 20.5. The molecule has 1 heterocycles. The molecule has 9 heteroatoms. The highest BCUT2D eigenvalue weighted by molar-refractivity contribution is 14.1. The number of carbonyl (C=O) groups is 3. The number of para-hydroxylation sites is 1. The van der Waals surface area contributed by atoms with Crippen molar-refractivity contribution in [1.29, 1.82) is 0 Å². The summed E-state index contributed by atoms with van der Waals surface area (Å²) in [6, 6.07) is 20.7. The third-order valence-electron chi connectivity index (χ3n) is 4.98. The number of rotatable bonds is 6. The highest BCUT2D eigenvalue weighted by atomic mass is 127. The molecule has 0 spiro atoms. The molecular weight excluding hydrogens is 567 g/mol. The molecular formula is C25H17IN2O5S. The monoisotopic (exact) mass is 584 g/mol. The van der Waals surface area contributed by atoms with Crippen molar-refractivity contribution in [3.63, 3.8) is 0 Å². The normalized spacial score (nSPS) is 14.8. The molecule has 170 valence electrons. The number of halogens is 1. The fourth-order valence-electron chi connectivity index (χ4n) is 3.30. The van der Waals surface area contributed by atoms with Gasteiger partial charge in [0, 0.05) is 9.13 Å². The summed E-state index contributed by atoms with van der Waals surface area (Å²) in [6.07, 6.45) is 1.44. The molecule has 1 aliphatic heterocycles. The van der Waals surface area contributed by atoms with Crippen LogP contribution in [0.2, 0.25) is 0 Å². The molecule has 0 unspecified atom stereocenters. The molecule has 2 amide bonds. The van der Waals surface area contributed by atoms with E-state index in [1.165, 1.54) is 24.3 Å². The highest BCUT2D eigenvalue weighted by Gasteiger charge is 2.35. The van der Waals surface area contributed by atoms with Crippen LogP contribution in [-0.4, -0.2) is 28.0 Å². The smallest absolute Gasteiger partial charge is 0.335 e. The van der Waals surface area contributed by atoms with Gasteiger partial charge >= 0.3 is 5.97 Å². The first-order valence-electron chi connectivity index (χ1n) is 10.0. The molecule has 0 bridgehead atoms. The first kappa shape index (κ1) is 23.6. The van der Waals surface area contributed by atoms with Crippen molar-refractivity contribution in [2.75, 3.05) is 4.90 Å². The Hall–Kier alpha value is -3.57. The third kappa shape index (κ3) is 5.15. The lowest BCUT2D eigenvalue weighted by atomic mass is 10.1. The lowest BCUT2D eigenvalue weighted by Gasteiger charge is -2.29. The second-order valence-corrected chi connectivity index (χ2v) is 8.90. The van der Waals surface area contributed by atoms with Crippen LogP contribution in [-0.2, 0) is 16.2 Å². The number of carbonyl (C=O) groups excluding carboxylic acids is 2. The van der Waals surface area contributed by atoms with Gasteiger partial charge in [-0.15, -0.1) is 0 Å². The molecule has 7 nitrogen and oxygen atoms in total. The maximum Gasteiger partial charge on any atom is 0.335 e. The summed E-state index contributed by atoms with van der Waals surface area (Å²) in [5.74, 6) is -1.95. The van der Waals surface area contributed by atoms with E-state index < -0.39 is 17.8 Å². The van der Waals surface area contributed by atoms with Crippen LogP contribution in [0.1, 0.15) is 21.5 Å². The van der Waals surface area contributed by atoms with Crippen LogP contribution in [0.3, 0.4) is 0 Å². The largest absolute Gasteiger partial charge is 0.488 e. The van der Waals surface area contributed by atoms with Gasteiger partial charge in [-0.1, -0.05) is 36.4 Å². The van der Waals surface area contributed by atoms with E-state index >= 15 is 0 Å². The second kappa shape index (κ2) is 10.1. The predicted molar refractivity (Wildman–Crippen MR) is 140 cm³/mol. The molecule has 4 rings (SSSR count). The van der Waals surface area contributed by atoms with Crippen molar-refractivity contribution in [1.82, 2.24) is 5.32 Å². The third-order valence-corrected chi connectivity index (χ3v) is 5.98. The van der Waals surface area contributed by atoms with Crippen LogP contribution >= 0.6 is 34.8 Å². The first-order chi connectivity index (χ1) is 16.3. The van der Waals surface area contributed by atoms with Gasteiger partial charge in [0.2, 0.25) is 0 Å². The summed E-state index contributed by atoms with van der Waals surface area (Å²) in [5, 5.41) is 11.6. The Morgan fingerprint density at radius 2 is 1.79 bits per heavy atom. The SMILES string of the molecule is O=C1NC(=S)N(c2cccc(C(=O)O)c2)C(=O)C1=Cc1ccccc1OCc1ccc(I)cc1. The van der Waals surface area contributed by atoms with Gasteiger partial charge in [-0.25, -0.2) is 4.79 Å². The summed E-state index contributed by atoms with van der Waals surface area (Å²) in [6.45, 7) is 0.315. The van der Waals surface area contributed by atoms with E-state index in [2.05, 4.69) is 27.9 Å². The van der Waals surface area contributed by atoms with Crippen LogP contribution in [0.5, 0.6) is 5.75 Å². The number of nitrogens with one attached hydrogen (secondary N) is 1. The van der Waals surface area contributed by atoms with E-state index in [1.807, 2.05) is 24.3 Å². The molecule has 1 aliphatic rings. The molecule has 0 radical (unpaired) electrons. The van der Waals surface area contributed by atoms with Gasteiger partial charge in [0.1, 0.15) is 17.9 Å². The minimum atomic E-state index is -1.14. The second-order valence-electron chi connectivity index (χ2n) is 7.27. The van der Waals surface area contributed by atoms with E-state index in [9.17, 15) is 19.5 Å². The van der Waals surface area contributed by atoms with E-state index in [0.29, 0.717) is 17.9 Å². The standard InChI is InChI=1S/C25H17IN2O5S/c26-18-10-8-15(9-11-18)14-33-21-7-2-1-4-16(21)13-20-22(29)27-25(34)28(23(20)30)19-6-3-5-17(12-19)24(31)32/h1-13H,14H2,(H,31,32)(H,27,29,34). The summed E-state index contributed by atoms with van der Waals surface area (Å²) < 4.78 is 7.07. The quantitative estimate of drug-likeness (QED) is 0.193. The molecule has 3 aromatic rings. The van der Waals surface area contributed by atoms with Crippen LogP contribution in [0.4, 0.5) is 5.69 Å². The Labute approximate surface area is 214 Å². The molecule has 0 saturated carbocycles. The minimum Gasteiger partial charge on any atom is -0.488 e. The fourth-order valence-corrected chi connectivity index (χ4v) is 3.94. The number of hydrogen-bond donors (Lipinski definition) is 2. The first-order valence-corrected chi connectivity index (χ1v) is 11.5. The van der Waals surface area contributed by atoms with E-state index in [1.54, 1.807) is 30.3 Å². The van der Waals surface area contributed by atoms with E-state index in [0.717, 1.165) is 14.0 Å². The summed E-state index contributed by atoms with van der Waals surface area (Å²) >= 11 is 7.42. The average Bonchev–Trinajstić information content (AvgIpc) is 2.82. The van der Waals surface area contributed by atoms with E-state index in [4.69, 9.17) is 17.0 Å². The van der Waals surface area contributed by atoms with Gasteiger partial charge in [0.05, 0.1) is 11.3 Å². The predicted octanol–water partition coefficient (Wildman–Crippen LogP) is 4.40. The lowest BCUT2D eigenvalue weighted by Crippen LogP contribution is -2.54. The number of hydrogen-bond acceptors (Lipinski definition) is 5. The molecule has 1 saturated heterocycles. The van der Waals surface area contributed by atoms with Crippen molar-refractivity contribution >= 4 is 69.5 Å². The molecule has 0 aliphatic carbocycles. The molecule has 0 aromatic heterocycles. The number of amides is 2. The lowest BCUT2D eigenvalue weighted by molar-refractivity contribution is -0.122. The van der Waals surface area contributed by atoms with Crippen molar-refractivity contribution in [3.8, 4) is 5.75 Å². The number of benzene rings is 3. The molecule has 3 aromatic carbocycles. The Kier molecular flexibility index (Phi) is 7.03. The highest BCUT2D eigenvalue weighted by Crippen LogP contribution is 2.26. The summed E-state index contributed by atoms with van der Waals surface area (Å²) in [7, 11) is 0. The number of anilines is 1. The fraction of sp³-hybridized carbons (Fsp3) is 0.0400. The van der Waals surface area contributed by atoms with Gasteiger partial charge in [-0.2, -0.15) is 0 Å². The van der Waals surface area contributed by atoms with Crippen molar-refractivity contribution in [2.24, 2.45) is 0 Å². The Balaban J connectivity index is 1.64. The zero-order chi connectivity index (χ0) is 24.2. The van der Waals surface area contributed by atoms with Crippen molar-refractivity contribution in [3.05, 3.63) is 98.6 Å². The number of thiocarbonyl (C=S) groups is 1. The van der Waals surface area contributed by atoms with Crippen LogP contribution < -0.4 is 15.0 Å². The summed E-state index contributed by atoms with van der Waals surface area (Å²) in [5.41, 5.74) is 1.59. The average molecular weight is 584 g/mol. The van der Waals surface area contributed by atoms with Crippen molar-refractivity contribution in [2.45, 2.75) is 6.61 Å². The summed E-state index contributed by atoms with van der Waals surface area (Å²) in [4.78, 5) is 38.4. The van der Waals surface area contributed by atoms with Crippen LogP contribution in [0.25, 0.3) is 6.08 Å². The van der Waals surface area contributed by atoms with Gasteiger partial charge in [0.25, 0.3) is 11.8 Å². The number of nitrogens with zero attached hydrogens (tertiary/aromatic N) is 1. The molecule has 1 fully saturated rings. The van der Waals surface area contributed by atoms with Crippen molar-refractivity contribution < 1.29 is 24.2 Å². The maximum atomic E-state index is 13.3. The van der Waals surface area contributed by atoms with Gasteiger partial charge < -0.3 is 9.84 Å². The van der Waals surface area contributed by atoms with Gasteiger partial charge in [-0.05, 0) is 82.8 Å². The number of carboxylic acid groups (broad SMARTS) is 1. The van der Waals surface area contributed by atoms with Crippen LogP contribution in [0.15, 0.2) is 78.4 Å². The zero-order valence-electron chi connectivity index (χ0n) is 17.5. The maximum absolute atomic E-state index is 13.3. The molecule has 2 N–H and O–H groups in total. The van der Waals surface area contributed by atoms with Crippen LogP contribution in [0, 0.1) is 3.57 Å². The molecule has 0 atom stereocenters. The van der Waals surface area contributed by atoms with Gasteiger partial charge in [-0.3, -0.25) is 19.8 Å². The molecule has 34 heavy (non-hydrogen) atoms. The topological polar surface area (TPSA) is 95.9 Å². The number of aromatic carboxylic acids is 1. The van der Waals surface area contributed by atoms with Gasteiger partial charge in [0.15, 0.2) is 5.11 Å².